The predicted molar refractivity (Wildman–Crippen MR) is 59.9 cm³/mol. The molecule has 0 aliphatic heterocycles. The second-order valence-electron chi connectivity index (χ2n) is 5.09. The first-order valence-corrected chi connectivity index (χ1v) is 5.82. The summed E-state index contributed by atoms with van der Waals surface area (Å²) in [5.41, 5.74) is 1.03. The van der Waals surface area contributed by atoms with Crippen LogP contribution in [0.2, 0.25) is 0 Å². The van der Waals surface area contributed by atoms with Gasteiger partial charge in [-0.2, -0.15) is 4.91 Å². The molecule has 1 saturated carbocycles. The summed E-state index contributed by atoms with van der Waals surface area (Å²) >= 11 is 0. The summed E-state index contributed by atoms with van der Waals surface area (Å²) in [6.07, 6.45) is 5.23. The Morgan fingerprint density at radius 3 is 3.00 bits per heavy atom. The first-order chi connectivity index (χ1) is 7.61. The van der Waals surface area contributed by atoms with Gasteiger partial charge in [0.15, 0.2) is 0 Å². The Balaban J connectivity index is 2.14. The third kappa shape index (κ3) is 1.66. The number of rotatable bonds is 5. The fourth-order valence-corrected chi connectivity index (χ4v) is 3.40. The molecule has 16 heavy (non-hydrogen) atoms. The Morgan fingerprint density at radius 2 is 2.44 bits per heavy atom. The van der Waals surface area contributed by atoms with E-state index in [1.54, 1.807) is 0 Å². The van der Waals surface area contributed by atoms with Crippen molar-refractivity contribution in [3.05, 3.63) is 16.6 Å². The molecule has 3 atom stereocenters. The minimum Gasteiger partial charge on any atom is -0.481 e. The number of aliphatic carboxylic acids is 1. The highest BCUT2D eigenvalue weighted by atomic mass is 16.4. The van der Waals surface area contributed by atoms with E-state index >= 15 is 0 Å². The number of nitroso groups, excluding NO2 is 1. The van der Waals surface area contributed by atoms with E-state index in [0.29, 0.717) is 5.92 Å². The fraction of sp³-hybridized carbons (Fsp3) is 0.750. The van der Waals surface area contributed by atoms with Gasteiger partial charge in [-0.1, -0.05) is 23.7 Å². The molecule has 0 unspecified atom stereocenters. The van der Waals surface area contributed by atoms with Gasteiger partial charge in [0.25, 0.3) is 0 Å². The summed E-state index contributed by atoms with van der Waals surface area (Å²) in [4.78, 5) is 21.3. The van der Waals surface area contributed by atoms with E-state index in [1.807, 2.05) is 0 Å². The van der Waals surface area contributed by atoms with Gasteiger partial charge in [-0.15, -0.1) is 0 Å². The summed E-state index contributed by atoms with van der Waals surface area (Å²) in [6.45, 7) is 2.27. The number of hydrogen-bond donors (Lipinski definition) is 1. The molecule has 4 heteroatoms. The first kappa shape index (κ1) is 11.3. The van der Waals surface area contributed by atoms with Gasteiger partial charge in [-0.25, -0.2) is 0 Å². The van der Waals surface area contributed by atoms with Crippen molar-refractivity contribution in [2.75, 3.05) is 6.54 Å². The minimum absolute atomic E-state index is 0.0768. The van der Waals surface area contributed by atoms with Crippen LogP contribution in [0.5, 0.6) is 0 Å². The molecule has 2 rings (SSSR count). The lowest BCUT2D eigenvalue weighted by molar-refractivity contribution is -0.144. The average Bonchev–Trinajstić information content (AvgIpc) is 2.55. The summed E-state index contributed by atoms with van der Waals surface area (Å²) in [5.74, 6) is 0.0211. The molecule has 0 bridgehead atoms. The van der Waals surface area contributed by atoms with Crippen LogP contribution in [-0.2, 0) is 4.79 Å². The number of allylic oxidation sites excluding steroid dienone is 2. The quantitative estimate of drug-likeness (QED) is 0.575. The molecule has 1 fully saturated rings. The van der Waals surface area contributed by atoms with Gasteiger partial charge >= 0.3 is 5.97 Å². The number of nitrogens with zero attached hydrogens (tertiary/aromatic N) is 1. The molecule has 2 aliphatic rings. The van der Waals surface area contributed by atoms with E-state index in [4.69, 9.17) is 5.11 Å². The Morgan fingerprint density at radius 1 is 1.69 bits per heavy atom. The standard InChI is InChI=1S/C12H17NO3/c1-2-8-3-9-5-12(7-13-16,6-11(14)15)10(9)4-8/h4,9-10H,2-3,5-7H2,1H3,(H,14,15)/t9-,10-,12-/m1/s1. The van der Waals surface area contributed by atoms with Gasteiger partial charge in [0, 0.05) is 5.41 Å². The van der Waals surface area contributed by atoms with Gasteiger partial charge in [-0.3, -0.25) is 4.79 Å². The fourth-order valence-electron chi connectivity index (χ4n) is 3.40. The lowest BCUT2D eigenvalue weighted by Crippen LogP contribution is -2.48. The molecule has 1 N–H and O–H groups in total. The Bertz CT molecular complexity index is 350. The van der Waals surface area contributed by atoms with Crippen molar-refractivity contribution in [3.8, 4) is 0 Å². The molecule has 0 spiro atoms. The van der Waals surface area contributed by atoms with Gasteiger partial charge in [0.05, 0.1) is 13.0 Å². The van der Waals surface area contributed by atoms with Crippen molar-refractivity contribution in [1.29, 1.82) is 0 Å². The molecule has 88 valence electrons. The number of carboxylic acid groups (broad SMARTS) is 1. The highest BCUT2D eigenvalue weighted by Gasteiger charge is 2.55. The van der Waals surface area contributed by atoms with Crippen LogP contribution in [0.15, 0.2) is 16.8 Å². The van der Waals surface area contributed by atoms with Crippen molar-refractivity contribution in [2.24, 2.45) is 22.4 Å². The molecular weight excluding hydrogens is 206 g/mol. The molecule has 0 saturated heterocycles. The zero-order valence-corrected chi connectivity index (χ0v) is 9.48. The van der Waals surface area contributed by atoms with E-state index in [-0.39, 0.29) is 24.3 Å². The number of carbonyl (C=O) groups is 1. The summed E-state index contributed by atoms with van der Waals surface area (Å²) in [6, 6.07) is 0. The monoisotopic (exact) mass is 223 g/mol. The maximum atomic E-state index is 10.9. The van der Waals surface area contributed by atoms with E-state index in [9.17, 15) is 9.70 Å². The van der Waals surface area contributed by atoms with Crippen molar-refractivity contribution in [1.82, 2.24) is 0 Å². The van der Waals surface area contributed by atoms with Crippen molar-refractivity contribution in [2.45, 2.75) is 32.6 Å². The van der Waals surface area contributed by atoms with E-state index in [1.165, 1.54) is 5.57 Å². The Hall–Kier alpha value is -1.19. The molecule has 0 aromatic heterocycles. The maximum absolute atomic E-state index is 10.9. The van der Waals surface area contributed by atoms with E-state index < -0.39 is 5.97 Å². The van der Waals surface area contributed by atoms with Crippen LogP contribution in [0.1, 0.15) is 32.6 Å². The summed E-state index contributed by atoms with van der Waals surface area (Å²) in [7, 11) is 0. The highest BCUT2D eigenvalue weighted by Crippen LogP contribution is 2.60. The smallest absolute Gasteiger partial charge is 0.304 e. The molecule has 0 radical (unpaired) electrons. The van der Waals surface area contributed by atoms with Crippen LogP contribution < -0.4 is 0 Å². The predicted octanol–water partition coefficient (Wildman–Crippen LogP) is 2.59. The van der Waals surface area contributed by atoms with Gasteiger partial charge < -0.3 is 5.11 Å². The molecule has 0 amide bonds. The zero-order chi connectivity index (χ0) is 11.8. The average molecular weight is 223 g/mol. The maximum Gasteiger partial charge on any atom is 0.304 e. The van der Waals surface area contributed by atoms with Crippen LogP contribution in [-0.4, -0.2) is 17.6 Å². The van der Waals surface area contributed by atoms with Crippen LogP contribution in [0, 0.1) is 22.2 Å². The topological polar surface area (TPSA) is 66.7 Å². The van der Waals surface area contributed by atoms with E-state index in [0.717, 1.165) is 19.3 Å². The summed E-state index contributed by atoms with van der Waals surface area (Å²) in [5, 5.41) is 11.9. The minimum atomic E-state index is -0.819. The van der Waals surface area contributed by atoms with Crippen molar-refractivity contribution < 1.29 is 9.90 Å². The van der Waals surface area contributed by atoms with Crippen LogP contribution in [0.25, 0.3) is 0 Å². The highest BCUT2D eigenvalue weighted by molar-refractivity contribution is 5.68. The Labute approximate surface area is 94.7 Å². The van der Waals surface area contributed by atoms with E-state index in [2.05, 4.69) is 18.2 Å². The molecule has 2 aliphatic carbocycles. The normalized spacial score (nSPS) is 36.2. The SMILES string of the molecule is CCC1=C[C@@H]2[C@H](C1)C[C@]2(CN=O)CC(=O)O. The molecule has 0 heterocycles. The zero-order valence-electron chi connectivity index (χ0n) is 9.48. The number of hydrogen-bond acceptors (Lipinski definition) is 3. The molecule has 0 aromatic rings. The van der Waals surface area contributed by atoms with Crippen LogP contribution in [0.3, 0.4) is 0 Å². The molecular formula is C12H17NO3. The van der Waals surface area contributed by atoms with Crippen LogP contribution >= 0.6 is 0 Å². The Kier molecular flexibility index (Phi) is 2.82. The molecule has 0 aromatic carbocycles. The second kappa shape index (κ2) is 4.00. The van der Waals surface area contributed by atoms with Crippen molar-refractivity contribution in [3.63, 3.8) is 0 Å². The lowest BCUT2D eigenvalue weighted by Gasteiger charge is -2.50. The number of fused-ring (bicyclic) bond motifs is 1. The van der Waals surface area contributed by atoms with Gasteiger partial charge in [-0.05, 0) is 31.1 Å². The first-order valence-electron chi connectivity index (χ1n) is 5.82. The summed E-state index contributed by atoms with van der Waals surface area (Å²) < 4.78 is 0. The molecule has 4 nitrogen and oxygen atoms in total. The van der Waals surface area contributed by atoms with Gasteiger partial charge in [0.2, 0.25) is 0 Å². The van der Waals surface area contributed by atoms with Crippen LogP contribution in [0.4, 0.5) is 0 Å². The van der Waals surface area contributed by atoms with Gasteiger partial charge in [0.1, 0.15) is 0 Å². The van der Waals surface area contributed by atoms with Crippen molar-refractivity contribution >= 4 is 5.97 Å². The largest absolute Gasteiger partial charge is 0.481 e. The third-order valence-corrected chi connectivity index (χ3v) is 4.16. The number of carboxylic acids is 1. The lowest BCUT2D eigenvalue weighted by atomic mass is 9.53. The second-order valence-corrected chi connectivity index (χ2v) is 5.09. The third-order valence-electron chi connectivity index (χ3n) is 4.16.